The van der Waals surface area contributed by atoms with Gasteiger partial charge < -0.3 is 5.11 Å². The van der Waals surface area contributed by atoms with E-state index in [-0.39, 0.29) is 11.8 Å². The summed E-state index contributed by atoms with van der Waals surface area (Å²) in [6.07, 6.45) is 0. The number of hydrogen-bond donors (Lipinski definition) is 1. The van der Waals surface area contributed by atoms with E-state index in [1.165, 1.54) is 24.3 Å². The van der Waals surface area contributed by atoms with Crippen molar-refractivity contribution < 1.29 is 19.1 Å². The minimum absolute atomic E-state index is 0.302. The fourth-order valence-electron chi connectivity index (χ4n) is 5.58. The van der Waals surface area contributed by atoms with Crippen molar-refractivity contribution in [3.8, 4) is 0 Å². The van der Waals surface area contributed by atoms with E-state index in [9.17, 15) is 19.1 Å². The second-order valence-electron chi connectivity index (χ2n) is 7.91. The van der Waals surface area contributed by atoms with Gasteiger partial charge in [0.25, 0.3) is 0 Å². The quantitative estimate of drug-likeness (QED) is 0.654. The van der Waals surface area contributed by atoms with Gasteiger partial charge in [-0.2, -0.15) is 0 Å². The fraction of sp³-hybridized carbons (Fsp3) is 0.167. The number of aliphatic hydroxyl groups is 1. The molecule has 0 aromatic heterocycles. The van der Waals surface area contributed by atoms with Crippen molar-refractivity contribution >= 4 is 17.5 Å². The van der Waals surface area contributed by atoms with Crippen molar-refractivity contribution in [1.29, 1.82) is 0 Å². The van der Waals surface area contributed by atoms with E-state index in [1.807, 2.05) is 48.5 Å². The zero-order valence-electron chi connectivity index (χ0n) is 15.2. The van der Waals surface area contributed by atoms with Crippen molar-refractivity contribution in [2.75, 3.05) is 4.90 Å². The number of carbonyl (C=O) groups is 2. The van der Waals surface area contributed by atoms with Crippen LogP contribution in [-0.4, -0.2) is 16.9 Å². The van der Waals surface area contributed by atoms with Gasteiger partial charge in [0.15, 0.2) is 0 Å². The van der Waals surface area contributed by atoms with Gasteiger partial charge in [0.2, 0.25) is 11.8 Å². The number of anilines is 1. The second-order valence-corrected chi connectivity index (χ2v) is 7.91. The first-order chi connectivity index (χ1) is 14.0. The molecule has 5 heteroatoms. The highest BCUT2D eigenvalue weighted by molar-refractivity contribution is 6.23. The predicted molar refractivity (Wildman–Crippen MR) is 104 cm³/mol. The van der Waals surface area contributed by atoms with Crippen LogP contribution in [0.25, 0.3) is 0 Å². The highest BCUT2D eigenvalue weighted by atomic mass is 19.1. The summed E-state index contributed by atoms with van der Waals surface area (Å²) in [5, 5.41) is 12.0. The van der Waals surface area contributed by atoms with Crippen molar-refractivity contribution in [2.45, 2.75) is 11.5 Å². The lowest BCUT2D eigenvalue weighted by Crippen LogP contribution is -2.53. The maximum Gasteiger partial charge on any atom is 0.241 e. The topological polar surface area (TPSA) is 57.6 Å². The molecule has 1 saturated heterocycles. The molecular weight excluding hydrogens is 369 g/mol. The average molecular weight is 385 g/mol. The van der Waals surface area contributed by atoms with E-state index in [0.717, 1.165) is 16.0 Å². The molecule has 2 atom stereocenters. The van der Waals surface area contributed by atoms with Crippen LogP contribution in [0.2, 0.25) is 0 Å². The summed E-state index contributed by atoms with van der Waals surface area (Å²) in [6.45, 7) is 0. The second kappa shape index (κ2) is 5.39. The Balaban J connectivity index is 1.61. The highest BCUT2D eigenvalue weighted by Gasteiger charge is 2.68. The summed E-state index contributed by atoms with van der Waals surface area (Å²) in [4.78, 5) is 28.1. The molecule has 0 radical (unpaired) electrons. The molecule has 0 unspecified atom stereocenters. The lowest BCUT2D eigenvalue weighted by atomic mass is 9.52. The third-order valence-electron chi connectivity index (χ3n) is 6.66. The molecule has 7 rings (SSSR count). The number of nitrogens with zero attached hydrogens (tertiary/aromatic N) is 1. The smallest absolute Gasteiger partial charge is 0.241 e. The first-order valence-electron chi connectivity index (χ1n) is 9.58. The Hall–Kier alpha value is -3.31. The maximum atomic E-state index is 13.5. The van der Waals surface area contributed by atoms with Crippen molar-refractivity contribution in [3.05, 3.63) is 101 Å². The summed E-state index contributed by atoms with van der Waals surface area (Å²) >= 11 is 0. The molecule has 3 aromatic rings. The number of imide groups is 1. The summed E-state index contributed by atoms with van der Waals surface area (Å²) < 4.78 is 13.4. The maximum absolute atomic E-state index is 13.5. The van der Waals surface area contributed by atoms with Gasteiger partial charge in [0.05, 0.1) is 17.5 Å². The predicted octanol–water partition coefficient (Wildman–Crippen LogP) is 3.33. The minimum atomic E-state index is -1.58. The zero-order chi connectivity index (χ0) is 19.9. The Bertz CT molecular complexity index is 1160. The first kappa shape index (κ1) is 16.6. The van der Waals surface area contributed by atoms with Gasteiger partial charge >= 0.3 is 0 Å². The molecular formula is C24H16FNO3. The molecule has 0 saturated carbocycles. The van der Waals surface area contributed by atoms with E-state index in [0.29, 0.717) is 16.8 Å². The van der Waals surface area contributed by atoms with E-state index < -0.39 is 29.2 Å². The summed E-state index contributed by atoms with van der Waals surface area (Å²) in [6, 6.07) is 20.3. The van der Waals surface area contributed by atoms with Crippen molar-refractivity contribution in [3.63, 3.8) is 0 Å². The molecule has 1 aliphatic heterocycles. The normalized spacial score (nSPS) is 28.9. The Morgan fingerprint density at radius 3 is 1.93 bits per heavy atom. The van der Waals surface area contributed by atoms with Crippen LogP contribution < -0.4 is 4.90 Å². The molecule has 29 heavy (non-hydrogen) atoms. The van der Waals surface area contributed by atoms with Crippen LogP contribution in [-0.2, 0) is 15.2 Å². The standard InChI is InChI=1S/C24H16FNO3/c25-13-9-11-14(12-10-13)26-22(27)20-19-15-5-1-3-7-17(15)24(29,21(20)23(26)28)18-8-4-2-6-16(18)19/h1-12,19-21,29H/t19?,20-,21+,24?/m0/s1. The Morgan fingerprint density at radius 1 is 0.793 bits per heavy atom. The van der Waals surface area contributed by atoms with Crippen LogP contribution in [0.1, 0.15) is 28.2 Å². The minimum Gasteiger partial charge on any atom is -0.379 e. The molecule has 2 amide bonds. The molecule has 142 valence electrons. The van der Waals surface area contributed by atoms with Gasteiger partial charge in [0.1, 0.15) is 11.4 Å². The van der Waals surface area contributed by atoms with Crippen LogP contribution in [0.4, 0.5) is 10.1 Å². The van der Waals surface area contributed by atoms with Gasteiger partial charge in [-0.05, 0) is 46.5 Å². The van der Waals surface area contributed by atoms with Gasteiger partial charge in [-0.1, -0.05) is 48.5 Å². The zero-order valence-corrected chi connectivity index (χ0v) is 15.2. The largest absolute Gasteiger partial charge is 0.379 e. The van der Waals surface area contributed by atoms with E-state index in [2.05, 4.69) is 0 Å². The summed E-state index contributed by atoms with van der Waals surface area (Å²) in [5.41, 5.74) is 1.90. The van der Waals surface area contributed by atoms with Crippen LogP contribution in [0, 0.1) is 17.7 Å². The fourth-order valence-corrected chi connectivity index (χ4v) is 5.58. The van der Waals surface area contributed by atoms with Gasteiger partial charge in [-0.15, -0.1) is 0 Å². The number of hydrogen-bond acceptors (Lipinski definition) is 3. The van der Waals surface area contributed by atoms with Crippen LogP contribution in [0.3, 0.4) is 0 Å². The van der Waals surface area contributed by atoms with Crippen LogP contribution in [0.5, 0.6) is 0 Å². The third kappa shape index (κ3) is 1.86. The molecule has 2 bridgehead atoms. The molecule has 1 fully saturated rings. The van der Waals surface area contributed by atoms with Crippen molar-refractivity contribution in [2.24, 2.45) is 11.8 Å². The van der Waals surface area contributed by atoms with Gasteiger partial charge in [-0.25, -0.2) is 9.29 Å². The van der Waals surface area contributed by atoms with Crippen LogP contribution >= 0.6 is 0 Å². The highest BCUT2D eigenvalue weighted by Crippen LogP contribution is 2.63. The Morgan fingerprint density at radius 2 is 1.34 bits per heavy atom. The lowest BCUT2D eigenvalue weighted by molar-refractivity contribution is -0.133. The number of halogens is 1. The van der Waals surface area contributed by atoms with Gasteiger partial charge in [-0.3, -0.25) is 9.59 Å². The number of amides is 2. The molecule has 3 aromatic carbocycles. The van der Waals surface area contributed by atoms with Gasteiger partial charge in [0, 0.05) is 5.92 Å². The average Bonchev–Trinajstić information content (AvgIpc) is 3.01. The summed E-state index contributed by atoms with van der Waals surface area (Å²) in [5.74, 6) is -3.13. The Kier molecular flexibility index (Phi) is 3.09. The molecule has 3 aliphatic carbocycles. The monoisotopic (exact) mass is 385 g/mol. The molecule has 0 spiro atoms. The SMILES string of the molecule is O=C1[C@H]2C3c4ccccc4C(O)(c4ccccc43)[C@H]2C(=O)N1c1ccc(F)cc1. The third-order valence-corrected chi connectivity index (χ3v) is 6.66. The number of carbonyl (C=O) groups excluding carboxylic acids is 2. The molecule has 4 nitrogen and oxygen atoms in total. The number of benzene rings is 3. The van der Waals surface area contributed by atoms with E-state index in [4.69, 9.17) is 0 Å². The molecule has 1 N–H and O–H groups in total. The lowest BCUT2D eigenvalue weighted by Gasteiger charge is -2.51. The van der Waals surface area contributed by atoms with Crippen LogP contribution in [0.15, 0.2) is 72.8 Å². The van der Waals surface area contributed by atoms with Crippen molar-refractivity contribution in [1.82, 2.24) is 0 Å². The Labute approximate surface area is 166 Å². The number of rotatable bonds is 1. The summed E-state index contributed by atoms with van der Waals surface area (Å²) in [7, 11) is 0. The first-order valence-corrected chi connectivity index (χ1v) is 9.58. The molecule has 4 aliphatic rings. The van der Waals surface area contributed by atoms with E-state index >= 15 is 0 Å². The van der Waals surface area contributed by atoms with E-state index in [1.54, 1.807) is 0 Å². The molecule has 1 heterocycles.